The fourth-order valence-corrected chi connectivity index (χ4v) is 2.23. The third kappa shape index (κ3) is 1.80. The smallest absolute Gasteiger partial charge is 0.330 e. The predicted octanol–water partition coefficient (Wildman–Crippen LogP) is 1.22. The number of esters is 1. The van der Waals surface area contributed by atoms with E-state index in [0.717, 1.165) is 31.4 Å². The van der Waals surface area contributed by atoms with Crippen LogP contribution in [0.1, 0.15) is 24.8 Å². The van der Waals surface area contributed by atoms with Gasteiger partial charge in [-0.2, -0.15) is 0 Å². The van der Waals surface area contributed by atoms with E-state index in [1.807, 2.05) is 12.1 Å². The van der Waals surface area contributed by atoms with Crippen molar-refractivity contribution >= 4 is 5.97 Å². The van der Waals surface area contributed by atoms with Gasteiger partial charge in [0.2, 0.25) is 0 Å². The molecule has 2 rings (SSSR count). The molecule has 1 aromatic rings. The molecule has 0 radical (unpaired) electrons. The number of hydrogen-bond acceptors (Lipinski definition) is 4. The number of methoxy groups -OCH3 is 1. The number of aromatic nitrogens is 1. The van der Waals surface area contributed by atoms with E-state index in [9.17, 15) is 4.79 Å². The molecule has 0 bridgehead atoms. The van der Waals surface area contributed by atoms with E-state index >= 15 is 0 Å². The first-order chi connectivity index (χ1) is 7.79. The molecule has 2 heterocycles. The monoisotopic (exact) mass is 220 g/mol. The van der Waals surface area contributed by atoms with Crippen LogP contribution in [-0.4, -0.2) is 24.6 Å². The lowest BCUT2D eigenvalue weighted by Gasteiger charge is -2.35. The van der Waals surface area contributed by atoms with Crippen LogP contribution in [-0.2, 0) is 15.1 Å². The quantitative estimate of drug-likeness (QED) is 0.761. The minimum Gasteiger partial charge on any atom is -0.467 e. The van der Waals surface area contributed by atoms with Crippen molar-refractivity contribution in [3.05, 3.63) is 30.1 Å². The Morgan fingerprint density at radius 1 is 1.56 bits per heavy atom. The Labute approximate surface area is 95.0 Å². The molecular weight excluding hydrogens is 204 g/mol. The zero-order chi connectivity index (χ0) is 11.4. The fraction of sp³-hybridized carbons (Fsp3) is 0.500. The Bertz CT molecular complexity index is 359. The van der Waals surface area contributed by atoms with Gasteiger partial charge in [0.1, 0.15) is 5.54 Å². The number of nitrogens with zero attached hydrogens (tertiary/aromatic N) is 1. The van der Waals surface area contributed by atoms with Crippen LogP contribution >= 0.6 is 0 Å². The summed E-state index contributed by atoms with van der Waals surface area (Å²) < 4.78 is 4.92. The lowest BCUT2D eigenvalue weighted by atomic mass is 9.83. The molecule has 1 unspecified atom stereocenters. The summed E-state index contributed by atoms with van der Waals surface area (Å²) in [4.78, 5) is 16.1. The molecule has 4 nitrogen and oxygen atoms in total. The number of piperidine rings is 1. The third-order valence-electron chi connectivity index (χ3n) is 3.09. The van der Waals surface area contributed by atoms with Crippen LogP contribution in [0.4, 0.5) is 0 Å². The highest BCUT2D eigenvalue weighted by Crippen LogP contribution is 2.31. The second-order valence-electron chi connectivity index (χ2n) is 4.02. The number of pyridine rings is 1. The molecule has 1 aliphatic rings. The molecule has 86 valence electrons. The Balaban J connectivity index is 2.38. The number of carbonyl (C=O) groups excluding carboxylic acids is 1. The van der Waals surface area contributed by atoms with Crippen LogP contribution < -0.4 is 5.32 Å². The van der Waals surface area contributed by atoms with E-state index < -0.39 is 5.54 Å². The number of carbonyl (C=O) groups is 1. The van der Waals surface area contributed by atoms with Gasteiger partial charge in [0.05, 0.1) is 7.11 Å². The molecule has 1 atom stereocenters. The molecular formula is C12H16N2O2. The Hall–Kier alpha value is -1.42. The summed E-state index contributed by atoms with van der Waals surface area (Å²) in [7, 11) is 1.43. The Kier molecular flexibility index (Phi) is 3.19. The second kappa shape index (κ2) is 4.61. The minimum atomic E-state index is -0.693. The molecule has 1 N–H and O–H groups in total. The topological polar surface area (TPSA) is 51.2 Å². The average Bonchev–Trinajstić information content (AvgIpc) is 2.39. The molecule has 1 saturated heterocycles. The molecule has 0 amide bonds. The maximum Gasteiger partial charge on any atom is 0.330 e. The van der Waals surface area contributed by atoms with Gasteiger partial charge in [0.15, 0.2) is 0 Å². The number of rotatable bonds is 2. The highest BCUT2D eigenvalue weighted by molar-refractivity contribution is 5.82. The van der Waals surface area contributed by atoms with Crippen LogP contribution in [0.15, 0.2) is 24.5 Å². The van der Waals surface area contributed by atoms with Gasteiger partial charge in [-0.25, -0.2) is 4.79 Å². The van der Waals surface area contributed by atoms with Crippen molar-refractivity contribution in [3.63, 3.8) is 0 Å². The summed E-state index contributed by atoms with van der Waals surface area (Å²) in [6.45, 7) is 0.837. The summed E-state index contributed by atoms with van der Waals surface area (Å²) >= 11 is 0. The van der Waals surface area contributed by atoms with Gasteiger partial charge in [-0.05, 0) is 31.9 Å². The first kappa shape index (κ1) is 11.1. The molecule has 1 fully saturated rings. The lowest BCUT2D eigenvalue weighted by Crippen LogP contribution is -2.52. The molecule has 16 heavy (non-hydrogen) atoms. The maximum atomic E-state index is 12.0. The number of nitrogens with one attached hydrogen (secondary N) is 1. The van der Waals surface area contributed by atoms with E-state index in [1.54, 1.807) is 12.4 Å². The van der Waals surface area contributed by atoms with Crippen LogP contribution in [0.2, 0.25) is 0 Å². The lowest BCUT2D eigenvalue weighted by molar-refractivity contribution is -0.150. The van der Waals surface area contributed by atoms with Crippen molar-refractivity contribution in [1.82, 2.24) is 10.3 Å². The Morgan fingerprint density at radius 3 is 3.00 bits per heavy atom. The van der Waals surface area contributed by atoms with Crippen LogP contribution in [0, 0.1) is 0 Å². The van der Waals surface area contributed by atoms with Gasteiger partial charge in [-0.1, -0.05) is 6.07 Å². The molecule has 0 saturated carbocycles. The van der Waals surface area contributed by atoms with Crippen LogP contribution in [0.3, 0.4) is 0 Å². The summed E-state index contributed by atoms with van der Waals surface area (Å²) in [6.07, 6.45) is 6.33. The average molecular weight is 220 g/mol. The summed E-state index contributed by atoms with van der Waals surface area (Å²) in [6, 6.07) is 3.76. The van der Waals surface area contributed by atoms with E-state index in [2.05, 4.69) is 10.3 Å². The molecule has 4 heteroatoms. The van der Waals surface area contributed by atoms with Gasteiger partial charge in [0, 0.05) is 18.0 Å². The van der Waals surface area contributed by atoms with E-state index in [0.29, 0.717) is 0 Å². The largest absolute Gasteiger partial charge is 0.467 e. The van der Waals surface area contributed by atoms with E-state index in [1.165, 1.54) is 7.11 Å². The third-order valence-corrected chi connectivity index (χ3v) is 3.09. The van der Waals surface area contributed by atoms with Crippen molar-refractivity contribution in [2.45, 2.75) is 24.8 Å². The zero-order valence-corrected chi connectivity index (χ0v) is 9.40. The molecule has 0 aromatic carbocycles. The molecule has 1 aliphatic heterocycles. The van der Waals surface area contributed by atoms with Crippen LogP contribution in [0.5, 0.6) is 0 Å². The maximum absolute atomic E-state index is 12.0. The van der Waals surface area contributed by atoms with E-state index in [-0.39, 0.29) is 5.97 Å². The van der Waals surface area contributed by atoms with Gasteiger partial charge in [-0.3, -0.25) is 10.3 Å². The number of hydrogen-bond donors (Lipinski definition) is 1. The van der Waals surface area contributed by atoms with Crippen molar-refractivity contribution in [2.24, 2.45) is 0 Å². The Morgan fingerprint density at radius 2 is 2.44 bits per heavy atom. The first-order valence-electron chi connectivity index (χ1n) is 5.53. The van der Waals surface area contributed by atoms with Crippen molar-refractivity contribution in [1.29, 1.82) is 0 Å². The number of ether oxygens (including phenoxy) is 1. The predicted molar refractivity (Wildman–Crippen MR) is 59.8 cm³/mol. The van der Waals surface area contributed by atoms with E-state index in [4.69, 9.17) is 4.74 Å². The zero-order valence-electron chi connectivity index (χ0n) is 9.40. The summed E-state index contributed by atoms with van der Waals surface area (Å²) in [5.41, 5.74) is 0.197. The van der Waals surface area contributed by atoms with Crippen molar-refractivity contribution < 1.29 is 9.53 Å². The highest BCUT2D eigenvalue weighted by atomic mass is 16.5. The van der Waals surface area contributed by atoms with Crippen molar-refractivity contribution in [3.8, 4) is 0 Å². The standard InChI is InChI=1S/C12H16N2O2/c1-16-11(15)12(6-2-3-8-14-12)10-5-4-7-13-9-10/h4-5,7,9,14H,2-3,6,8H2,1H3. The van der Waals surface area contributed by atoms with Gasteiger partial charge >= 0.3 is 5.97 Å². The fourth-order valence-electron chi connectivity index (χ4n) is 2.23. The van der Waals surface area contributed by atoms with Crippen molar-refractivity contribution in [2.75, 3.05) is 13.7 Å². The second-order valence-corrected chi connectivity index (χ2v) is 4.02. The molecule has 0 spiro atoms. The normalized spacial score (nSPS) is 25.1. The van der Waals surface area contributed by atoms with Gasteiger partial charge in [-0.15, -0.1) is 0 Å². The first-order valence-corrected chi connectivity index (χ1v) is 5.53. The minimum absolute atomic E-state index is 0.222. The summed E-state index contributed by atoms with van der Waals surface area (Å²) in [5.74, 6) is -0.222. The molecule has 1 aromatic heterocycles. The molecule has 0 aliphatic carbocycles. The van der Waals surface area contributed by atoms with Crippen LogP contribution in [0.25, 0.3) is 0 Å². The summed E-state index contributed by atoms with van der Waals surface area (Å²) in [5, 5.41) is 3.29. The highest BCUT2D eigenvalue weighted by Gasteiger charge is 2.42. The SMILES string of the molecule is COC(=O)C1(c2cccnc2)CCCCN1. The van der Waals surface area contributed by atoms with Gasteiger partial charge < -0.3 is 4.74 Å². The van der Waals surface area contributed by atoms with Gasteiger partial charge in [0.25, 0.3) is 0 Å².